The molecule has 3 heteroatoms. The van der Waals surface area contributed by atoms with Crippen LogP contribution in [0.2, 0.25) is 0 Å². The van der Waals surface area contributed by atoms with Gasteiger partial charge in [-0.15, -0.1) is 0 Å². The van der Waals surface area contributed by atoms with Gasteiger partial charge in [0.05, 0.1) is 0 Å². The van der Waals surface area contributed by atoms with Gasteiger partial charge in [-0.1, -0.05) is 152 Å². The Morgan fingerprint density at radius 1 is 0.537 bits per heavy atom. The predicted octanol–water partition coefficient (Wildman–Crippen LogP) is 7.35. The lowest BCUT2D eigenvalue weighted by Gasteiger charge is -2.39. The molecule has 1 nitrogen and oxygen atoms in total. The summed E-state index contributed by atoms with van der Waals surface area (Å²) in [6.45, 7) is 0. The van der Waals surface area contributed by atoms with E-state index in [4.69, 9.17) is 0 Å². The van der Waals surface area contributed by atoms with Crippen molar-refractivity contribution in [2.24, 2.45) is 5.92 Å². The molecule has 0 saturated heterocycles. The molecule has 0 N–H and O–H groups in total. The highest BCUT2D eigenvalue weighted by Crippen LogP contribution is 2.54. The van der Waals surface area contributed by atoms with Gasteiger partial charge in [-0.3, -0.25) is 0 Å². The third-order valence-electron chi connectivity index (χ3n) is 8.42. The van der Waals surface area contributed by atoms with Crippen molar-refractivity contribution in [2.75, 3.05) is 14.1 Å². The molecular formula is C38H39NP2. The van der Waals surface area contributed by atoms with Crippen molar-refractivity contribution in [3.05, 3.63) is 151 Å². The summed E-state index contributed by atoms with van der Waals surface area (Å²) in [7, 11) is 3.46. The molecular weight excluding hydrogens is 532 g/mol. The van der Waals surface area contributed by atoms with Crippen LogP contribution in [-0.4, -0.2) is 24.7 Å². The molecule has 0 aromatic heterocycles. The van der Waals surface area contributed by atoms with Gasteiger partial charge < -0.3 is 4.90 Å². The van der Waals surface area contributed by atoms with Gasteiger partial charge in [0, 0.05) is 6.04 Å². The average Bonchev–Trinajstić information content (AvgIpc) is 3.49. The number of hydrogen-bond acceptors (Lipinski definition) is 1. The van der Waals surface area contributed by atoms with Crippen LogP contribution in [0.3, 0.4) is 0 Å². The molecule has 0 aliphatic heterocycles. The summed E-state index contributed by atoms with van der Waals surface area (Å²) in [5.74, 6) is 0.584. The first kappa shape index (κ1) is 28.1. The summed E-state index contributed by atoms with van der Waals surface area (Å²) < 4.78 is 0. The molecule has 3 atom stereocenters. The van der Waals surface area contributed by atoms with Crippen LogP contribution in [0, 0.1) is 5.92 Å². The Balaban J connectivity index is 1.47. The van der Waals surface area contributed by atoms with Crippen molar-refractivity contribution in [2.45, 2.75) is 31.0 Å². The fourth-order valence-corrected chi connectivity index (χ4v) is 12.5. The molecule has 1 fully saturated rings. The minimum absolute atomic E-state index is 0.355. The van der Waals surface area contributed by atoms with E-state index >= 15 is 0 Å². The van der Waals surface area contributed by atoms with E-state index in [1.165, 1.54) is 51.3 Å². The van der Waals surface area contributed by atoms with E-state index in [0.717, 1.165) is 0 Å². The first-order valence-electron chi connectivity index (χ1n) is 14.8. The Morgan fingerprint density at radius 2 is 0.976 bits per heavy atom. The summed E-state index contributed by atoms with van der Waals surface area (Å²) in [5.41, 5.74) is 2.14. The largest absolute Gasteiger partial charge is 0.302 e. The zero-order chi connectivity index (χ0) is 28.0. The van der Waals surface area contributed by atoms with Gasteiger partial charge in [-0.25, -0.2) is 0 Å². The topological polar surface area (TPSA) is 3.24 Å². The lowest BCUT2D eigenvalue weighted by molar-refractivity contribution is 0.218. The van der Waals surface area contributed by atoms with Crippen LogP contribution < -0.4 is 26.5 Å². The zero-order valence-electron chi connectivity index (χ0n) is 24.1. The quantitative estimate of drug-likeness (QED) is 0.167. The highest BCUT2D eigenvalue weighted by Gasteiger charge is 2.42. The van der Waals surface area contributed by atoms with Crippen LogP contribution in [0.15, 0.2) is 146 Å². The monoisotopic (exact) mass is 571 g/mol. The SMILES string of the molecule is CN(C)C(c1ccccc1P(c1ccccc1)c1ccccc1)C1CCCC1P(c1ccccc1)c1ccccc1. The molecule has 206 valence electrons. The zero-order valence-corrected chi connectivity index (χ0v) is 25.8. The Kier molecular flexibility index (Phi) is 9.08. The fraction of sp³-hybridized carbons (Fsp3) is 0.211. The molecule has 0 heterocycles. The van der Waals surface area contributed by atoms with Gasteiger partial charge >= 0.3 is 0 Å². The smallest absolute Gasteiger partial charge is 0.0383 e. The van der Waals surface area contributed by atoms with Crippen molar-refractivity contribution in [1.29, 1.82) is 0 Å². The number of nitrogens with zero attached hydrogens (tertiary/aromatic N) is 1. The van der Waals surface area contributed by atoms with Gasteiger partial charge in [-0.2, -0.15) is 0 Å². The van der Waals surface area contributed by atoms with E-state index in [0.29, 0.717) is 17.6 Å². The highest BCUT2D eigenvalue weighted by atomic mass is 31.1. The Hall–Kier alpha value is -3.08. The molecule has 0 bridgehead atoms. The summed E-state index contributed by atoms with van der Waals surface area (Å²) in [5, 5.41) is 7.34. The van der Waals surface area contributed by atoms with E-state index in [-0.39, 0.29) is 0 Å². The molecule has 6 rings (SSSR count). The molecule has 3 unspecified atom stereocenters. The Bertz CT molecular complexity index is 1430. The lowest BCUT2D eigenvalue weighted by atomic mass is 9.90. The molecule has 0 amide bonds. The Morgan fingerprint density at radius 3 is 1.46 bits per heavy atom. The van der Waals surface area contributed by atoms with Crippen LogP contribution in [0.4, 0.5) is 0 Å². The molecule has 1 aliphatic carbocycles. The van der Waals surface area contributed by atoms with Gasteiger partial charge in [0.1, 0.15) is 0 Å². The van der Waals surface area contributed by atoms with Crippen LogP contribution >= 0.6 is 15.8 Å². The van der Waals surface area contributed by atoms with E-state index in [2.05, 4.69) is 165 Å². The van der Waals surface area contributed by atoms with Crippen LogP contribution in [-0.2, 0) is 0 Å². The minimum atomic E-state index is -0.677. The van der Waals surface area contributed by atoms with Crippen molar-refractivity contribution < 1.29 is 0 Å². The molecule has 5 aromatic carbocycles. The average molecular weight is 572 g/mol. The maximum absolute atomic E-state index is 2.52. The first-order chi connectivity index (χ1) is 20.2. The minimum Gasteiger partial charge on any atom is -0.302 e. The maximum Gasteiger partial charge on any atom is 0.0383 e. The summed E-state index contributed by atoms with van der Waals surface area (Å²) in [6.07, 6.45) is 3.86. The predicted molar refractivity (Wildman–Crippen MR) is 182 cm³/mol. The van der Waals surface area contributed by atoms with Gasteiger partial charge in [0.15, 0.2) is 0 Å². The summed E-state index contributed by atoms with van der Waals surface area (Å²) in [6, 6.07) is 54.8. The second-order valence-corrected chi connectivity index (χ2v) is 15.8. The van der Waals surface area contributed by atoms with E-state index < -0.39 is 15.8 Å². The number of hydrogen-bond donors (Lipinski definition) is 0. The molecule has 1 saturated carbocycles. The van der Waals surface area contributed by atoms with E-state index in [1.807, 2.05) is 0 Å². The second-order valence-electron chi connectivity index (χ2n) is 11.2. The van der Waals surface area contributed by atoms with Crippen LogP contribution in [0.1, 0.15) is 30.9 Å². The first-order valence-corrected chi connectivity index (χ1v) is 17.5. The third-order valence-corrected chi connectivity index (χ3v) is 14.0. The third kappa shape index (κ3) is 6.10. The van der Waals surface area contributed by atoms with E-state index in [1.54, 1.807) is 0 Å². The normalized spacial score (nSPS) is 17.8. The van der Waals surface area contributed by atoms with Crippen molar-refractivity contribution in [3.8, 4) is 0 Å². The fourth-order valence-electron chi connectivity index (χ4n) is 6.78. The van der Waals surface area contributed by atoms with Gasteiger partial charge in [-0.05, 0) is 86.4 Å². The van der Waals surface area contributed by atoms with Crippen LogP contribution in [0.25, 0.3) is 0 Å². The standard InChI is InChI=1S/C38H39NP2/c1-39(2)38(35-27-17-29-37(35)41(32-22-11-5-12-23-32)33-24-13-6-14-25-33)34-26-15-16-28-36(34)40(30-18-7-3-8-19-30)31-20-9-4-10-21-31/h3-16,18-26,28,35,37-38H,17,27,29H2,1-2H3. The number of benzene rings is 5. The van der Waals surface area contributed by atoms with Crippen LogP contribution in [0.5, 0.6) is 0 Å². The van der Waals surface area contributed by atoms with Crippen molar-refractivity contribution in [1.82, 2.24) is 4.90 Å². The molecule has 5 aromatic rings. The molecule has 1 aliphatic rings. The molecule has 0 radical (unpaired) electrons. The molecule has 41 heavy (non-hydrogen) atoms. The molecule has 0 spiro atoms. The second kappa shape index (κ2) is 13.3. The Labute approximate surface area is 248 Å². The van der Waals surface area contributed by atoms with Gasteiger partial charge in [0.2, 0.25) is 0 Å². The highest BCUT2D eigenvalue weighted by molar-refractivity contribution is 7.80. The van der Waals surface area contributed by atoms with Gasteiger partial charge in [0.25, 0.3) is 0 Å². The maximum atomic E-state index is 2.52. The lowest BCUT2D eigenvalue weighted by Crippen LogP contribution is -2.37. The summed E-state index contributed by atoms with van der Waals surface area (Å²) >= 11 is 0. The van der Waals surface area contributed by atoms with Crippen molar-refractivity contribution >= 4 is 42.4 Å². The van der Waals surface area contributed by atoms with Crippen molar-refractivity contribution in [3.63, 3.8) is 0 Å². The number of rotatable bonds is 9. The van der Waals surface area contributed by atoms with E-state index in [9.17, 15) is 0 Å². The summed E-state index contributed by atoms with van der Waals surface area (Å²) in [4.78, 5) is 2.52.